The minimum Gasteiger partial charge on any atom is -0.469 e. The summed E-state index contributed by atoms with van der Waals surface area (Å²) in [5, 5.41) is 10.7. The molecule has 0 amide bonds. The van der Waals surface area contributed by atoms with Crippen LogP contribution >= 0.6 is 0 Å². The first-order valence-electron chi connectivity index (χ1n) is 7.70. The number of carbonyl (C=O) groups excluding carboxylic acids is 3. The predicted octanol–water partition coefficient (Wildman–Crippen LogP) is 1.38. The summed E-state index contributed by atoms with van der Waals surface area (Å²) < 4.78 is 9.61. The van der Waals surface area contributed by atoms with Crippen molar-refractivity contribution in [1.82, 2.24) is 0 Å². The Labute approximate surface area is 140 Å². The van der Waals surface area contributed by atoms with E-state index in [1.54, 1.807) is 12.1 Å². The van der Waals surface area contributed by atoms with Crippen LogP contribution in [0, 0.1) is 18.8 Å². The van der Waals surface area contributed by atoms with Gasteiger partial charge in [-0.15, -0.1) is 0 Å². The number of rotatable bonds is 3. The number of Topliss-reactive ketones (excluding diaryl/α,β-unsaturated/α-hetero) is 1. The number of ether oxygens (including phenoxy) is 2. The molecule has 1 aliphatic rings. The van der Waals surface area contributed by atoms with Crippen molar-refractivity contribution in [3.63, 3.8) is 0 Å². The molecule has 0 aliphatic heterocycles. The molecule has 1 saturated carbocycles. The van der Waals surface area contributed by atoms with Gasteiger partial charge in [0.15, 0.2) is 5.78 Å². The molecule has 6 heteroatoms. The zero-order valence-corrected chi connectivity index (χ0v) is 14.2. The highest BCUT2D eigenvalue weighted by Crippen LogP contribution is 2.46. The highest BCUT2D eigenvalue weighted by molar-refractivity contribution is 6.02. The van der Waals surface area contributed by atoms with E-state index in [0.717, 1.165) is 5.56 Å². The SMILES string of the molecule is COC(=O)[C@H]1C(=O)C[C@](C)(O)[C@H](C(=O)OC)[C@@H]1c1ccc(C)cc1. The molecule has 0 saturated heterocycles. The number of hydrogen-bond acceptors (Lipinski definition) is 6. The van der Waals surface area contributed by atoms with Crippen molar-refractivity contribution in [1.29, 1.82) is 0 Å². The van der Waals surface area contributed by atoms with Crippen molar-refractivity contribution in [2.24, 2.45) is 11.8 Å². The summed E-state index contributed by atoms with van der Waals surface area (Å²) in [4.78, 5) is 37.1. The van der Waals surface area contributed by atoms with Gasteiger partial charge in [0, 0.05) is 12.3 Å². The van der Waals surface area contributed by atoms with E-state index in [2.05, 4.69) is 0 Å². The molecular formula is C18H22O6. The van der Waals surface area contributed by atoms with Gasteiger partial charge in [-0.3, -0.25) is 14.4 Å². The zero-order valence-electron chi connectivity index (χ0n) is 14.2. The van der Waals surface area contributed by atoms with Crippen LogP contribution in [0.1, 0.15) is 30.4 Å². The second-order valence-corrected chi connectivity index (χ2v) is 6.44. The second-order valence-electron chi connectivity index (χ2n) is 6.44. The molecule has 0 radical (unpaired) electrons. The maximum absolute atomic E-state index is 12.5. The third-order valence-electron chi connectivity index (χ3n) is 4.64. The molecule has 0 unspecified atom stereocenters. The number of methoxy groups -OCH3 is 2. The van der Waals surface area contributed by atoms with Crippen molar-refractivity contribution in [2.75, 3.05) is 14.2 Å². The van der Waals surface area contributed by atoms with Gasteiger partial charge in [0.25, 0.3) is 0 Å². The Hall–Kier alpha value is -2.21. The third kappa shape index (κ3) is 3.19. The van der Waals surface area contributed by atoms with Crippen LogP contribution < -0.4 is 0 Å². The summed E-state index contributed by atoms with van der Waals surface area (Å²) in [7, 11) is 2.41. The van der Waals surface area contributed by atoms with E-state index < -0.39 is 41.1 Å². The molecule has 4 atom stereocenters. The number of ketones is 1. The lowest BCUT2D eigenvalue weighted by atomic mass is 9.61. The average Bonchev–Trinajstić information content (AvgIpc) is 2.53. The molecule has 6 nitrogen and oxygen atoms in total. The van der Waals surface area contributed by atoms with Crippen molar-refractivity contribution >= 4 is 17.7 Å². The Morgan fingerprint density at radius 1 is 1.12 bits per heavy atom. The second kappa shape index (κ2) is 6.73. The first-order valence-corrected chi connectivity index (χ1v) is 7.70. The topological polar surface area (TPSA) is 89.9 Å². The maximum atomic E-state index is 12.5. The van der Waals surface area contributed by atoms with Gasteiger partial charge >= 0.3 is 11.9 Å². The smallest absolute Gasteiger partial charge is 0.316 e. The fourth-order valence-electron chi connectivity index (χ4n) is 3.46. The molecule has 1 N–H and O–H groups in total. The number of hydrogen-bond donors (Lipinski definition) is 1. The number of benzene rings is 1. The molecule has 2 rings (SSSR count). The summed E-state index contributed by atoms with van der Waals surface area (Å²) in [5.74, 6) is -4.87. The van der Waals surface area contributed by atoms with Gasteiger partial charge in [-0.05, 0) is 19.4 Å². The summed E-state index contributed by atoms with van der Waals surface area (Å²) >= 11 is 0. The fourth-order valence-corrected chi connectivity index (χ4v) is 3.46. The lowest BCUT2D eigenvalue weighted by molar-refractivity contribution is -0.170. The lowest BCUT2D eigenvalue weighted by Gasteiger charge is -2.43. The zero-order chi connectivity index (χ0) is 18.1. The number of esters is 2. The molecule has 1 aromatic carbocycles. The Morgan fingerprint density at radius 3 is 2.17 bits per heavy atom. The van der Waals surface area contributed by atoms with Crippen LogP contribution in [0.2, 0.25) is 0 Å². The summed E-state index contributed by atoms with van der Waals surface area (Å²) in [5.41, 5.74) is 0.00108. The van der Waals surface area contributed by atoms with Crippen LogP contribution in [-0.2, 0) is 23.9 Å². The number of aliphatic hydroxyl groups is 1. The third-order valence-corrected chi connectivity index (χ3v) is 4.64. The molecule has 1 fully saturated rings. The van der Waals surface area contributed by atoms with Crippen molar-refractivity contribution in [3.8, 4) is 0 Å². The Balaban J connectivity index is 2.63. The van der Waals surface area contributed by atoms with E-state index in [1.807, 2.05) is 19.1 Å². The van der Waals surface area contributed by atoms with Gasteiger partial charge in [0.05, 0.1) is 25.7 Å². The first kappa shape index (κ1) is 18.1. The maximum Gasteiger partial charge on any atom is 0.316 e. The molecule has 0 heterocycles. The van der Waals surface area contributed by atoms with Gasteiger partial charge in [-0.1, -0.05) is 29.8 Å². The van der Waals surface area contributed by atoms with Crippen molar-refractivity contribution in [2.45, 2.75) is 31.8 Å². The molecular weight excluding hydrogens is 312 g/mol. The van der Waals surface area contributed by atoms with Crippen molar-refractivity contribution < 1.29 is 29.0 Å². The van der Waals surface area contributed by atoms with Gasteiger partial charge in [0.2, 0.25) is 0 Å². The van der Waals surface area contributed by atoms with E-state index >= 15 is 0 Å². The summed E-state index contributed by atoms with van der Waals surface area (Å²) in [6.45, 7) is 3.32. The van der Waals surface area contributed by atoms with Crippen LogP contribution in [0.5, 0.6) is 0 Å². The summed E-state index contributed by atoms with van der Waals surface area (Å²) in [6.07, 6.45) is -0.311. The predicted molar refractivity (Wildman–Crippen MR) is 85.2 cm³/mol. The van der Waals surface area contributed by atoms with Crippen LogP contribution in [0.3, 0.4) is 0 Å². The molecule has 130 valence electrons. The molecule has 1 aromatic rings. The normalized spacial score (nSPS) is 29.9. The van der Waals surface area contributed by atoms with Gasteiger partial charge in [-0.2, -0.15) is 0 Å². The van der Waals surface area contributed by atoms with Crippen LogP contribution in [0.25, 0.3) is 0 Å². The van der Waals surface area contributed by atoms with E-state index in [1.165, 1.54) is 21.1 Å². The monoisotopic (exact) mass is 334 g/mol. The van der Waals surface area contributed by atoms with Crippen LogP contribution in [0.4, 0.5) is 0 Å². The van der Waals surface area contributed by atoms with Crippen molar-refractivity contribution in [3.05, 3.63) is 35.4 Å². The van der Waals surface area contributed by atoms with E-state index in [0.29, 0.717) is 5.56 Å². The van der Waals surface area contributed by atoms with E-state index in [-0.39, 0.29) is 6.42 Å². The molecule has 0 aromatic heterocycles. The van der Waals surface area contributed by atoms with E-state index in [9.17, 15) is 19.5 Å². The minimum absolute atomic E-state index is 0.311. The summed E-state index contributed by atoms with van der Waals surface area (Å²) in [6, 6.07) is 7.15. The van der Waals surface area contributed by atoms with Gasteiger partial charge in [-0.25, -0.2) is 0 Å². The number of aryl methyl sites for hydroxylation is 1. The van der Waals surface area contributed by atoms with Gasteiger partial charge < -0.3 is 14.6 Å². The average molecular weight is 334 g/mol. The lowest BCUT2D eigenvalue weighted by Crippen LogP contribution is -2.55. The van der Waals surface area contributed by atoms with Gasteiger partial charge in [0.1, 0.15) is 5.92 Å². The van der Waals surface area contributed by atoms with Crippen LogP contribution in [0.15, 0.2) is 24.3 Å². The quantitative estimate of drug-likeness (QED) is 0.663. The molecule has 0 bridgehead atoms. The Morgan fingerprint density at radius 2 is 1.67 bits per heavy atom. The molecule has 1 aliphatic carbocycles. The number of carbonyl (C=O) groups is 3. The Bertz CT molecular complexity index is 646. The minimum atomic E-state index is -1.61. The largest absolute Gasteiger partial charge is 0.469 e. The molecule has 24 heavy (non-hydrogen) atoms. The fraction of sp³-hybridized carbons (Fsp3) is 0.500. The highest BCUT2D eigenvalue weighted by Gasteiger charge is 2.56. The van der Waals surface area contributed by atoms with E-state index in [4.69, 9.17) is 9.47 Å². The molecule has 0 spiro atoms. The standard InChI is InChI=1S/C18H22O6/c1-10-5-7-11(8-6-10)13-14(16(20)23-3)12(19)9-18(2,22)15(13)17(21)24-4/h5-8,13-15,22H,9H2,1-4H3/t13-,14+,15+,18+/m1/s1. The van der Waals surface area contributed by atoms with Crippen LogP contribution in [-0.4, -0.2) is 42.6 Å². The Kier molecular flexibility index (Phi) is 5.08. The highest BCUT2D eigenvalue weighted by atomic mass is 16.5. The first-order chi connectivity index (χ1) is 11.2.